The van der Waals surface area contributed by atoms with Crippen LogP contribution in [0.15, 0.2) is 18.2 Å². The summed E-state index contributed by atoms with van der Waals surface area (Å²) in [5.41, 5.74) is 0.325. The molecule has 1 aliphatic heterocycles. The first-order valence-corrected chi connectivity index (χ1v) is 7.17. The third kappa shape index (κ3) is 4.49. The fourth-order valence-electron chi connectivity index (χ4n) is 2.11. The Kier molecular flexibility index (Phi) is 5.35. The molecule has 1 aromatic rings. The molecule has 1 aliphatic rings. The van der Waals surface area contributed by atoms with E-state index in [1.165, 1.54) is 0 Å². The smallest absolute Gasteiger partial charge is 0.357 e. The van der Waals surface area contributed by atoms with Crippen LogP contribution in [-0.4, -0.2) is 36.3 Å². The van der Waals surface area contributed by atoms with Gasteiger partial charge in [0.2, 0.25) is 0 Å². The van der Waals surface area contributed by atoms with E-state index in [0.717, 1.165) is 25.9 Å². The SMILES string of the molecule is CC(C)Nc1cccc(C(=O)OCC2CCCCO2)n1. The molecule has 1 atom stereocenters. The predicted octanol–water partition coefficient (Wildman–Crippen LogP) is 2.63. The minimum atomic E-state index is -0.397. The Balaban J connectivity index is 1.88. The van der Waals surface area contributed by atoms with Crippen molar-refractivity contribution in [2.24, 2.45) is 0 Å². The van der Waals surface area contributed by atoms with E-state index in [-0.39, 0.29) is 12.1 Å². The number of rotatable bonds is 5. The molecule has 0 aliphatic carbocycles. The van der Waals surface area contributed by atoms with Gasteiger partial charge in [0.15, 0.2) is 5.69 Å². The number of hydrogen-bond acceptors (Lipinski definition) is 5. The van der Waals surface area contributed by atoms with E-state index in [4.69, 9.17) is 9.47 Å². The third-order valence-electron chi connectivity index (χ3n) is 3.07. The number of esters is 1. The lowest BCUT2D eigenvalue weighted by Gasteiger charge is -2.22. The van der Waals surface area contributed by atoms with Gasteiger partial charge in [-0.3, -0.25) is 0 Å². The zero-order chi connectivity index (χ0) is 14.4. The number of ether oxygens (including phenoxy) is 2. The molecule has 1 N–H and O–H groups in total. The first-order valence-electron chi connectivity index (χ1n) is 7.17. The molecule has 0 radical (unpaired) electrons. The summed E-state index contributed by atoms with van der Waals surface area (Å²) in [5.74, 6) is 0.287. The zero-order valence-electron chi connectivity index (χ0n) is 12.1. The highest BCUT2D eigenvalue weighted by Crippen LogP contribution is 2.14. The zero-order valence-corrected chi connectivity index (χ0v) is 12.1. The summed E-state index contributed by atoms with van der Waals surface area (Å²) < 4.78 is 10.8. The third-order valence-corrected chi connectivity index (χ3v) is 3.07. The van der Waals surface area contributed by atoms with Crippen LogP contribution in [0.25, 0.3) is 0 Å². The number of aromatic nitrogens is 1. The summed E-state index contributed by atoms with van der Waals surface area (Å²) in [6.45, 7) is 5.11. The number of nitrogens with zero attached hydrogens (tertiary/aromatic N) is 1. The molecular weight excluding hydrogens is 256 g/mol. The predicted molar refractivity (Wildman–Crippen MR) is 76.9 cm³/mol. The Hall–Kier alpha value is -1.62. The normalized spacial score (nSPS) is 18.9. The van der Waals surface area contributed by atoms with Gasteiger partial charge in [0.1, 0.15) is 12.4 Å². The highest BCUT2D eigenvalue weighted by molar-refractivity contribution is 5.87. The molecule has 2 heterocycles. The van der Waals surface area contributed by atoms with E-state index < -0.39 is 5.97 Å². The van der Waals surface area contributed by atoms with Gasteiger partial charge >= 0.3 is 5.97 Å². The van der Waals surface area contributed by atoms with Gasteiger partial charge in [-0.1, -0.05) is 6.07 Å². The van der Waals surface area contributed by atoms with E-state index in [1.54, 1.807) is 12.1 Å². The van der Waals surface area contributed by atoms with Gasteiger partial charge in [-0.2, -0.15) is 0 Å². The number of nitrogens with one attached hydrogen (secondary N) is 1. The Labute approximate surface area is 119 Å². The summed E-state index contributed by atoms with van der Waals surface area (Å²) >= 11 is 0. The minimum Gasteiger partial charge on any atom is -0.458 e. The quantitative estimate of drug-likeness (QED) is 0.839. The molecule has 1 fully saturated rings. The van der Waals surface area contributed by atoms with E-state index in [1.807, 2.05) is 19.9 Å². The van der Waals surface area contributed by atoms with Crippen molar-refractivity contribution in [1.82, 2.24) is 4.98 Å². The Morgan fingerprint density at radius 1 is 1.50 bits per heavy atom. The Bertz CT molecular complexity index is 442. The summed E-state index contributed by atoms with van der Waals surface area (Å²) in [4.78, 5) is 16.2. The van der Waals surface area contributed by atoms with Crippen LogP contribution in [0, 0.1) is 0 Å². The van der Waals surface area contributed by atoms with Crippen LogP contribution in [0.1, 0.15) is 43.6 Å². The van der Waals surface area contributed by atoms with Gasteiger partial charge < -0.3 is 14.8 Å². The lowest BCUT2D eigenvalue weighted by molar-refractivity contribution is -0.0302. The molecule has 0 aromatic carbocycles. The van der Waals surface area contributed by atoms with E-state index in [0.29, 0.717) is 18.1 Å². The Morgan fingerprint density at radius 2 is 2.35 bits per heavy atom. The second-order valence-corrected chi connectivity index (χ2v) is 5.29. The first-order chi connectivity index (χ1) is 9.65. The van der Waals surface area contributed by atoms with Crippen LogP contribution in [0.2, 0.25) is 0 Å². The summed E-state index contributed by atoms with van der Waals surface area (Å²) in [5, 5.41) is 3.16. The molecule has 1 aromatic heterocycles. The first kappa shape index (κ1) is 14.8. The molecule has 5 nitrogen and oxygen atoms in total. The van der Waals surface area contributed by atoms with Gasteiger partial charge in [0.25, 0.3) is 0 Å². The van der Waals surface area contributed by atoms with Crippen molar-refractivity contribution in [3.8, 4) is 0 Å². The molecule has 0 bridgehead atoms. The van der Waals surface area contributed by atoms with Gasteiger partial charge in [-0.15, -0.1) is 0 Å². The van der Waals surface area contributed by atoms with Crippen LogP contribution < -0.4 is 5.32 Å². The van der Waals surface area contributed by atoms with Crippen LogP contribution in [-0.2, 0) is 9.47 Å². The average Bonchev–Trinajstić information content (AvgIpc) is 2.45. The van der Waals surface area contributed by atoms with Gasteiger partial charge in [0.05, 0.1) is 6.10 Å². The van der Waals surface area contributed by atoms with E-state index in [2.05, 4.69) is 10.3 Å². The van der Waals surface area contributed by atoms with E-state index in [9.17, 15) is 4.79 Å². The number of carbonyl (C=O) groups excluding carboxylic acids is 1. The van der Waals surface area contributed by atoms with Gasteiger partial charge in [0, 0.05) is 12.6 Å². The van der Waals surface area contributed by atoms with Gasteiger partial charge in [-0.25, -0.2) is 9.78 Å². The molecule has 0 saturated carbocycles. The highest BCUT2D eigenvalue weighted by atomic mass is 16.6. The van der Waals surface area contributed by atoms with Crippen LogP contribution in [0.5, 0.6) is 0 Å². The number of anilines is 1. The van der Waals surface area contributed by atoms with Crippen molar-refractivity contribution in [2.75, 3.05) is 18.5 Å². The lowest BCUT2D eigenvalue weighted by Crippen LogP contribution is -2.26. The van der Waals surface area contributed by atoms with Crippen molar-refractivity contribution in [3.05, 3.63) is 23.9 Å². The van der Waals surface area contributed by atoms with Crippen molar-refractivity contribution >= 4 is 11.8 Å². The molecule has 110 valence electrons. The Morgan fingerprint density at radius 3 is 3.05 bits per heavy atom. The van der Waals surface area contributed by atoms with Crippen molar-refractivity contribution < 1.29 is 14.3 Å². The summed E-state index contributed by atoms with van der Waals surface area (Å²) in [6, 6.07) is 5.56. The maximum Gasteiger partial charge on any atom is 0.357 e. The van der Waals surface area contributed by atoms with Crippen molar-refractivity contribution in [3.63, 3.8) is 0 Å². The second kappa shape index (κ2) is 7.24. The molecule has 0 spiro atoms. The van der Waals surface area contributed by atoms with Crippen LogP contribution in [0.4, 0.5) is 5.82 Å². The number of hydrogen-bond donors (Lipinski definition) is 1. The van der Waals surface area contributed by atoms with Crippen LogP contribution >= 0.6 is 0 Å². The topological polar surface area (TPSA) is 60.5 Å². The fraction of sp³-hybridized carbons (Fsp3) is 0.600. The minimum absolute atomic E-state index is 0.0321. The fourth-order valence-corrected chi connectivity index (χ4v) is 2.11. The molecule has 5 heteroatoms. The maximum atomic E-state index is 12.0. The standard InChI is InChI=1S/C15H22N2O3/c1-11(2)16-14-8-5-7-13(17-14)15(18)20-10-12-6-3-4-9-19-12/h5,7-8,11-12H,3-4,6,9-10H2,1-2H3,(H,16,17). The molecular formula is C15H22N2O3. The molecule has 2 rings (SSSR count). The molecule has 0 amide bonds. The number of pyridine rings is 1. The monoisotopic (exact) mass is 278 g/mol. The maximum absolute atomic E-state index is 12.0. The van der Waals surface area contributed by atoms with Crippen molar-refractivity contribution in [2.45, 2.75) is 45.3 Å². The average molecular weight is 278 g/mol. The second-order valence-electron chi connectivity index (χ2n) is 5.29. The molecule has 20 heavy (non-hydrogen) atoms. The molecule has 1 unspecified atom stereocenters. The highest BCUT2D eigenvalue weighted by Gasteiger charge is 2.17. The van der Waals surface area contributed by atoms with Crippen LogP contribution in [0.3, 0.4) is 0 Å². The molecule has 1 saturated heterocycles. The largest absolute Gasteiger partial charge is 0.458 e. The van der Waals surface area contributed by atoms with E-state index >= 15 is 0 Å². The van der Waals surface area contributed by atoms with Gasteiger partial charge in [-0.05, 0) is 45.2 Å². The summed E-state index contributed by atoms with van der Waals surface area (Å²) in [7, 11) is 0. The van der Waals surface area contributed by atoms with Crippen molar-refractivity contribution in [1.29, 1.82) is 0 Å². The summed E-state index contributed by atoms with van der Waals surface area (Å²) in [6.07, 6.45) is 3.21. The lowest BCUT2D eigenvalue weighted by atomic mass is 10.1. The number of carbonyl (C=O) groups is 1.